The Hall–Kier alpha value is -1.99. The van der Waals surface area contributed by atoms with Crippen molar-refractivity contribution in [2.24, 2.45) is 5.73 Å². The van der Waals surface area contributed by atoms with Gasteiger partial charge in [-0.25, -0.2) is 0 Å². The summed E-state index contributed by atoms with van der Waals surface area (Å²) in [5.74, 6) is 0.407. The van der Waals surface area contributed by atoms with Gasteiger partial charge in [-0.05, 0) is 32.4 Å². The zero-order valence-electron chi connectivity index (χ0n) is 12.2. The van der Waals surface area contributed by atoms with Gasteiger partial charge in [0.1, 0.15) is 10.8 Å². The zero-order valence-corrected chi connectivity index (χ0v) is 13.0. The van der Waals surface area contributed by atoms with Crippen LogP contribution in [0.1, 0.15) is 24.4 Å². The standard InChI is InChI=1S/C14H18N4O2S/c1-9-6-4-5-7-10(9)20-8-11(19)16-13-18-17-12(21-13)14(2,3)15/h4-7H,8,15H2,1-3H3,(H,16,18,19). The van der Waals surface area contributed by atoms with Gasteiger partial charge in [0.15, 0.2) is 6.61 Å². The lowest BCUT2D eigenvalue weighted by Crippen LogP contribution is -2.28. The van der Waals surface area contributed by atoms with Gasteiger partial charge in [-0.3, -0.25) is 10.1 Å². The fourth-order valence-corrected chi connectivity index (χ4v) is 2.33. The van der Waals surface area contributed by atoms with Gasteiger partial charge in [-0.15, -0.1) is 10.2 Å². The Morgan fingerprint density at radius 3 is 2.71 bits per heavy atom. The number of amides is 1. The first kappa shape index (κ1) is 15.4. The third-order valence-electron chi connectivity index (χ3n) is 2.67. The van der Waals surface area contributed by atoms with Gasteiger partial charge >= 0.3 is 0 Å². The maximum absolute atomic E-state index is 11.8. The molecule has 0 saturated heterocycles. The molecule has 0 aliphatic heterocycles. The molecule has 112 valence electrons. The molecule has 0 unspecified atom stereocenters. The molecule has 1 amide bonds. The Balaban J connectivity index is 1.90. The molecule has 7 heteroatoms. The molecular weight excluding hydrogens is 288 g/mol. The number of carbonyl (C=O) groups is 1. The number of rotatable bonds is 5. The summed E-state index contributed by atoms with van der Waals surface area (Å²) in [6, 6.07) is 7.52. The van der Waals surface area contributed by atoms with E-state index in [0.29, 0.717) is 15.9 Å². The van der Waals surface area contributed by atoms with Crippen LogP contribution in [-0.4, -0.2) is 22.7 Å². The number of aryl methyl sites for hydroxylation is 1. The van der Waals surface area contributed by atoms with E-state index >= 15 is 0 Å². The van der Waals surface area contributed by atoms with Crippen LogP contribution in [-0.2, 0) is 10.3 Å². The molecule has 1 aromatic heterocycles. The third kappa shape index (κ3) is 4.24. The van der Waals surface area contributed by atoms with Gasteiger partial charge in [0.2, 0.25) is 5.13 Å². The van der Waals surface area contributed by atoms with Crippen LogP contribution in [0.2, 0.25) is 0 Å². The lowest BCUT2D eigenvalue weighted by molar-refractivity contribution is -0.118. The van der Waals surface area contributed by atoms with Crippen LogP contribution in [0.25, 0.3) is 0 Å². The fourth-order valence-electron chi connectivity index (χ4n) is 1.55. The number of nitrogens with two attached hydrogens (primary N) is 1. The molecule has 21 heavy (non-hydrogen) atoms. The van der Waals surface area contributed by atoms with Crippen LogP contribution in [0.5, 0.6) is 5.75 Å². The number of hydrogen-bond donors (Lipinski definition) is 2. The number of carbonyl (C=O) groups excluding carboxylic acids is 1. The SMILES string of the molecule is Cc1ccccc1OCC(=O)Nc1nnc(C(C)(C)N)s1. The van der Waals surface area contributed by atoms with Crippen LogP contribution < -0.4 is 15.8 Å². The molecule has 3 N–H and O–H groups in total. The number of nitrogens with zero attached hydrogens (tertiary/aromatic N) is 2. The fraction of sp³-hybridized carbons (Fsp3) is 0.357. The Morgan fingerprint density at radius 2 is 2.10 bits per heavy atom. The van der Waals surface area contributed by atoms with Crippen LogP contribution in [0.4, 0.5) is 5.13 Å². The summed E-state index contributed by atoms with van der Waals surface area (Å²) >= 11 is 1.26. The number of anilines is 1. The topological polar surface area (TPSA) is 90.1 Å². The van der Waals surface area contributed by atoms with Gasteiger partial charge in [0.25, 0.3) is 5.91 Å². The van der Waals surface area contributed by atoms with Crippen molar-refractivity contribution in [3.8, 4) is 5.75 Å². The molecule has 0 spiro atoms. The lowest BCUT2D eigenvalue weighted by Gasteiger charge is -2.12. The second-order valence-electron chi connectivity index (χ2n) is 5.24. The predicted molar refractivity (Wildman–Crippen MR) is 82.4 cm³/mol. The quantitative estimate of drug-likeness (QED) is 0.882. The highest BCUT2D eigenvalue weighted by Crippen LogP contribution is 2.24. The Morgan fingerprint density at radius 1 is 1.38 bits per heavy atom. The van der Waals surface area contributed by atoms with Crippen LogP contribution in [0, 0.1) is 6.92 Å². The summed E-state index contributed by atoms with van der Waals surface area (Å²) in [5.41, 5.74) is 6.33. The minimum atomic E-state index is -0.571. The molecule has 0 saturated carbocycles. The number of para-hydroxylation sites is 1. The number of benzene rings is 1. The minimum absolute atomic E-state index is 0.0776. The summed E-state index contributed by atoms with van der Waals surface area (Å²) in [6.45, 7) is 5.51. The van der Waals surface area contributed by atoms with Crippen molar-refractivity contribution in [1.29, 1.82) is 0 Å². The van der Waals surface area contributed by atoms with E-state index in [1.165, 1.54) is 11.3 Å². The van der Waals surface area contributed by atoms with Crippen molar-refractivity contribution < 1.29 is 9.53 Å². The molecule has 6 nitrogen and oxygen atoms in total. The van der Waals surface area contributed by atoms with Crippen LogP contribution in [0.3, 0.4) is 0 Å². The van der Waals surface area contributed by atoms with E-state index in [4.69, 9.17) is 10.5 Å². The summed E-state index contributed by atoms with van der Waals surface area (Å²) in [4.78, 5) is 11.8. The number of nitrogens with one attached hydrogen (secondary N) is 1. The normalized spacial score (nSPS) is 11.2. The van der Waals surface area contributed by atoms with E-state index in [1.807, 2.05) is 45.0 Å². The third-order valence-corrected chi connectivity index (χ3v) is 3.85. The molecule has 0 atom stereocenters. The minimum Gasteiger partial charge on any atom is -0.483 e. The Bertz CT molecular complexity index is 634. The smallest absolute Gasteiger partial charge is 0.264 e. The van der Waals surface area contributed by atoms with Crippen LogP contribution in [0.15, 0.2) is 24.3 Å². The molecule has 2 rings (SSSR count). The highest BCUT2D eigenvalue weighted by molar-refractivity contribution is 7.15. The summed E-state index contributed by atoms with van der Waals surface area (Å²) in [5, 5.41) is 11.6. The van der Waals surface area contributed by atoms with E-state index in [9.17, 15) is 4.79 Å². The van der Waals surface area contributed by atoms with Crippen molar-refractivity contribution in [3.05, 3.63) is 34.8 Å². The Labute approximate surface area is 127 Å². The first-order chi connectivity index (χ1) is 9.86. The van der Waals surface area contributed by atoms with Crippen molar-refractivity contribution in [3.63, 3.8) is 0 Å². The van der Waals surface area contributed by atoms with Crippen molar-refractivity contribution in [2.45, 2.75) is 26.3 Å². The van der Waals surface area contributed by atoms with E-state index in [1.54, 1.807) is 0 Å². The monoisotopic (exact) mass is 306 g/mol. The summed E-state index contributed by atoms with van der Waals surface area (Å²) < 4.78 is 5.46. The van der Waals surface area contributed by atoms with Crippen molar-refractivity contribution in [1.82, 2.24) is 10.2 Å². The van der Waals surface area contributed by atoms with Gasteiger partial charge in [-0.2, -0.15) is 0 Å². The summed E-state index contributed by atoms with van der Waals surface area (Å²) in [7, 11) is 0. The van der Waals surface area contributed by atoms with E-state index in [0.717, 1.165) is 5.56 Å². The predicted octanol–water partition coefficient (Wildman–Crippen LogP) is 2.06. The van der Waals surface area contributed by atoms with Gasteiger partial charge in [-0.1, -0.05) is 29.5 Å². The molecule has 0 radical (unpaired) electrons. The second-order valence-corrected chi connectivity index (χ2v) is 6.21. The zero-order chi connectivity index (χ0) is 15.5. The highest BCUT2D eigenvalue weighted by Gasteiger charge is 2.20. The average Bonchev–Trinajstić information content (AvgIpc) is 2.86. The number of aromatic nitrogens is 2. The van der Waals surface area contributed by atoms with Gasteiger partial charge in [0, 0.05) is 0 Å². The van der Waals surface area contributed by atoms with E-state index in [2.05, 4.69) is 15.5 Å². The van der Waals surface area contributed by atoms with E-state index in [-0.39, 0.29) is 12.5 Å². The molecule has 1 heterocycles. The molecule has 2 aromatic rings. The van der Waals surface area contributed by atoms with Gasteiger partial charge in [0.05, 0.1) is 5.54 Å². The molecule has 0 aliphatic rings. The molecule has 0 aliphatic carbocycles. The van der Waals surface area contributed by atoms with E-state index < -0.39 is 5.54 Å². The van der Waals surface area contributed by atoms with Crippen molar-refractivity contribution in [2.75, 3.05) is 11.9 Å². The first-order valence-corrected chi connectivity index (χ1v) is 7.29. The molecule has 0 fully saturated rings. The number of hydrogen-bond acceptors (Lipinski definition) is 6. The lowest BCUT2D eigenvalue weighted by atomic mass is 10.1. The molecular formula is C14H18N4O2S. The maximum Gasteiger partial charge on any atom is 0.264 e. The Kier molecular flexibility index (Phi) is 4.54. The largest absolute Gasteiger partial charge is 0.483 e. The van der Waals surface area contributed by atoms with Crippen LogP contribution >= 0.6 is 11.3 Å². The second kappa shape index (κ2) is 6.19. The van der Waals surface area contributed by atoms with Crippen molar-refractivity contribution >= 4 is 22.4 Å². The first-order valence-electron chi connectivity index (χ1n) is 6.47. The maximum atomic E-state index is 11.8. The number of ether oxygens (including phenoxy) is 1. The molecule has 1 aromatic carbocycles. The average molecular weight is 306 g/mol. The summed E-state index contributed by atoms with van der Waals surface area (Å²) in [6.07, 6.45) is 0. The van der Waals surface area contributed by atoms with Gasteiger partial charge < -0.3 is 10.5 Å². The molecule has 0 bridgehead atoms. The highest BCUT2D eigenvalue weighted by atomic mass is 32.1.